The summed E-state index contributed by atoms with van der Waals surface area (Å²) in [5.41, 5.74) is 1.06. The number of rotatable bonds is 4. The number of likely N-dealkylation sites (tertiary alicyclic amines) is 1. The Kier molecular flexibility index (Phi) is 4.63. The highest BCUT2D eigenvalue weighted by atomic mass is 32.1. The largest absolute Gasteiger partial charge is 0.486 e. The summed E-state index contributed by atoms with van der Waals surface area (Å²) in [5, 5.41) is 3.20. The highest BCUT2D eigenvalue weighted by Gasteiger charge is 2.27. The second kappa shape index (κ2) is 7.06. The van der Waals surface area contributed by atoms with Crippen molar-refractivity contribution in [2.45, 2.75) is 6.42 Å². The Labute approximate surface area is 151 Å². The second-order valence-corrected chi connectivity index (χ2v) is 7.57. The van der Waals surface area contributed by atoms with Crippen molar-refractivity contribution in [2.75, 3.05) is 39.9 Å². The van der Waals surface area contributed by atoms with Crippen LogP contribution in [-0.2, 0) is 0 Å². The van der Waals surface area contributed by atoms with Crippen molar-refractivity contribution in [3.63, 3.8) is 0 Å². The van der Waals surface area contributed by atoms with Gasteiger partial charge in [0.2, 0.25) is 0 Å². The number of carbonyl (C=O) groups is 1. The number of ether oxygens (including phenoxy) is 2. The Morgan fingerprint density at radius 3 is 2.92 bits per heavy atom. The number of nitrogens with zero attached hydrogens (tertiary/aromatic N) is 1. The van der Waals surface area contributed by atoms with Crippen LogP contribution in [0.25, 0.3) is 10.4 Å². The molecule has 132 valence electrons. The molecule has 0 bridgehead atoms. The van der Waals surface area contributed by atoms with Gasteiger partial charge in [-0.1, -0.05) is 0 Å². The number of nitrogens with one attached hydrogen (secondary N) is 1. The van der Waals surface area contributed by atoms with Crippen molar-refractivity contribution in [3.8, 4) is 21.9 Å². The molecule has 0 spiro atoms. The summed E-state index contributed by atoms with van der Waals surface area (Å²) in [7, 11) is 1.96. The van der Waals surface area contributed by atoms with Gasteiger partial charge in [-0.3, -0.25) is 4.79 Å². The molecule has 1 aromatic carbocycles. The Morgan fingerprint density at radius 2 is 2.08 bits per heavy atom. The first kappa shape index (κ1) is 16.4. The predicted molar refractivity (Wildman–Crippen MR) is 98.7 cm³/mol. The fourth-order valence-electron chi connectivity index (χ4n) is 3.43. The summed E-state index contributed by atoms with van der Waals surface area (Å²) in [6, 6.07) is 9.91. The van der Waals surface area contributed by atoms with E-state index in [0.29, 0.717) is 19.1 Å². The monoisotopic (exact) mass is 358 g/mol. The third-order valence-corrected chi connectivity index (χ3v) is 5.83. The lowest BCUT2D eigenvalue weighted by Gasteiger charge is -2.18. The number of hydrogen-bond acceptors (Lipinski definition) is 5. The molecule has 4 rings (SSSR count). The standard InChI is InChI=1S/C19H22N2O3S/c1-20-11-13-6-7-21(12-13)19(22)18-5-4-17(25-18)14-2-3-15-16(10-14)24-9-8-23-15/h2-5,10,13,20H,6-9,11-12H2,1H3. The normalized spacial score (nSPS) is 19.2. The van der Waals surface area contributed by atoms with E-state index >= 15 is 0 Å². The summed E-state index contributed by atoms with van der Waals surface area (Å²) in [6.45, 7) is 3.83. The molecule has 2 aromatic rings. The maximum atomic E-state index is 12.7. The maximum absolute atomic E-state index is 12.7. The number of amides is 1. The lowest BCUT2D eigenvalue weighted by atomic mass is 10.1. The van der Waals surface area contributed by atoms with Gasteiger partial charge in [0.25, 0.3) is 5.91 Å². The number of fused-ring (bicyclic) bond motifs is 1. The number of hydrogen-bond donors (Lipinski definition) is 1. The van der Waals surface area contributed by atoms with E-state index in [1.54, 1.807) is 11.3 Å². The molecule has 1 saturated heterocycles. The highest BCUT2D eigenvalue weighted by Crippen LogP contribution is 2.37. The summed E-state index contributed by atoms with van der Waals surface area (Å²) < 4.78 is 11.2. The van der Waals surface area contributed by atoms with Crippen molar-refractivity contribution in [2.24, 2.45) is 5.92 Å². The smallest absolute Gasteiger partial charge is 0.263 e. The molecule has 1 amide bonds. The molecule has 1 fully saturated rings. The van der Waals surface area contributed by atoms with Gasteiger partial charge in [-0.15, -0.1) is 11.3 Å². The number of thiophene rings is 1. The molecule has 1 atom stereocenters. The van der Waals surface area contributed by atoms with Gasteiger partial charge in [-0.05, 0) is 61.8 Å². The third-order valence-electron chi connectivity index (χ3n) is 4.71. The molecule has 0 radical (unpaired) electrons. The van der Waals surface area contributed by atoms with Crippen molar-refractivity contribution < 1.29 is 14.3 Å². The number of carbonyl (C=O) groups excluding carboxylic acids is 1. The Hall–Kier alpha value is -2.05. The van der Waals surface area contributed by atoms with Gasteiger partial charge in [-0.2, -0.15) is 0 Å². The molecule has 5 nitrogen and oxygen atoms in total. The third kappa shape index (κ3) is 3.37. The number of benzene rings is 1. The van der Waals surface area contributed by atoms with Crippen LogP contribution in [0.15, 0.2) is 30.3 Å². The molecule has 0 aliphatic carbocycles. The first-order valence-corrected chi connectivity index (χ1v) is 9.50. The average Bonchev–Trinajstić information content (AvgIpc) is 3.31. The summed E-state index contributed by atoms with van der Waals surface area (Å²) in [5.74, 6) is 2.27. The van der Waals surface area contributed by atoms with Gasteiger partial charge in [0, 0.05) is 18.0 Å². The van der Waals surface area contributed by atoms with Crippen molar-refractivity contribution in [3.05, 3.63) is 35.2 Å². The van der Waals surface area contributed by atoms with Crippen LogP contribution in [0.5, 0.6) is 11.5 Å². The first-order chi connectivity index (χ1) is 12.2. The summed E-state index contributed by atoms with van der Waals surface area (Å²) in [6.07, 6.45) is 1.08. The molecule has 1 unspecified atom stereocenters. The van der Waals surface area contributed by atoms with Crippen LogP contribution < -0.4 is 14.8 Å². The van der Waals surface area contributed by atoms with Gasteiger partial charge in [0.15, 0.2) is 11.5 Å². The lowest BCUT2D eigenvalue weighted by Crippen LogP contribution is -2.29. The second-order valence-electron chi connectivity index (χ2n) is 6.49. The van der Waals surface area contributed by atoms with Crippen LogP contribution in [0.3, 0.4) is 0 Å². The molecular formula is C19H22N2O3S. The molecule has 25 heavy (non-hydrogen) atoms. The van der Waals surface area contributed by atoms with Crippen LogP contribution >= 0.6 is 11.3 Å². The van der Waals surface area contributed by atoms with Crippen LogP contribution in [0.4, 0.5) is 0 Å². The van der Waals surface area contributed by atoms with E-state index in [0.717, 1.165) is 52.9 Å². The topological polar surface area (TPSA) is 50.8 Å². The molecular weight excluding hydrogens is 336 g/mol. The average molecular weight is 358 g/mol. The van der Waals surface area contributed by atoms with E-state index in [9.17, 15) is 4.79 Å². The molecule has 3 heterocycles. The fourth-order valence-corrected chi connectivity index (χ4v) is 4.40. The lowest BCUT2D eigenvalue weighted by molar-refractivity contribution is 0.0792. The molecule has 0 saturated carbocycles. The van der Waals surface area contributed by atoms with Gasteiger partial charge in [-0.25, -0.2) is 0 Å². The maximum Gasteiger partial charge on any atom is 0.263 e. The predicted octanol–water partition coefficient (Wildman–Crippen LogP) is 2.87. The van der Waals surface area contributed by atoms with Gasteiger partial charge in [0.1, 0.15) is 13.2 Å². The zero-order valence-corrected chi connectivity index (χ0v) is 15.1. The van der Waals surface area contributed by atoms with Crippen molar-refractivity contribution in [1.82, 2.24) is 10.2 Å². The molecule has 2 aliphatic rings. The zero-order chi connectivity index (χ0) is 17.2. The molecule has 1 aromatic heterocycles. The van der Waals surface area contributed by atoms with Crippen LogP contribution in [-0.4, -0.2) is 50.7 Å². The van der Waals surface area contributed by atoms with E-state index in [1.807, 2.05) is 42.3 Å². The van der Waals surface area contributed by atoms with E-state index < -0.39 is 0 Å². The quantitative estimate of drug-likeness (QED) is 0.913. The van der Waals surface area contributed by atoms with Gasteiger partial charge in [0.05, 0.1) is 4.88 Å². The van der Waals surface area contributed by atoms with Crippen LogP contribution in [0.1, 0.15) is 16.1 Å². The minimum atomic E-state index is 0.146. The van der Waals surface area contributed by atoms with E-state index in [1.165, 1.54) is 0 Å². The minimum Gasteiger partial charge on any atom is -0.486 e. The van der Waals surface area contributed by atoms with E-state index in [4.69, 9.17) is 9.47 Å². The first-order valence-electron chi connectivity index (χ1n) is 8.68. The van der Waals surface area contributed by atoms with E-state index in [2.05, 4.69) is 5.32 Å². The summed E-state index contributed by atoms with van der Waals surface area (Å²) in [4.78, 5) is 16.6. The van der Waals surface area contributed by atoms with Crippen LogP contribution in [0.2, 0.25) is 0 Å². The SMILES string of the molecule is CNCC1CCN(C(=O)c2ccc(-c3ccc4c(c3)OCCO4)s2)C1. The van der Waals surface area contributed by atoms with Crippen molar-refractivity contribution >= 4 is 17.2 Å². The Morgan fingerprint density at radius 1 is 1.24 bits per heavy atom. The zero-order valence-electron chi connectivity index (χ0n) is 14.3. The highest BCUT2D eigenvalue weighted by molar-refractivity contribution is 7.17. The van der Waals surface area contributed by atoms with Gasteiger partial charge < -0.3 is 19.7 Å². The molecule has 6 heteroatoms. The minimum absolute atomic E-state index is 0.146. The van der Waals surface area contributed by atoms with Crippen LogP contribution in [0, 0.1) is 5.92 Å². The Balaban J connectivity index is 1.49. The van der Waals surface area contributed by atoms with Crippen molar-refractivity contribution in [1.29, 1.82) is 0 Å². The Bertz CT molecular complexity index is 774. The van der Waals surface area contributed by atoms with E-state index in [-0.39, 0.29) is 5.91 Å². The molecule has 1 N–H and O–H groups in total. The fraction of sp³-hybridized carbons (Fsp3) is 0.421. The molecule has 2 aliphatic heterocycles. The van der Waals surface area contributed by atoms with Gasteiger partial charge >= 0.3 is 0 Å². The summed E-state index contributed by atoms with van der Waals surface area (Å²) >= 11 is 1.54.